The summed E-state index contributed by atoms with van der Waals surface area (Å²) in [6.45, 7) is 4.75. The van der Waals surface area contributed by atoms with E-state index in [2.05, 4.69) is 25.6 Å². The number of methoxy groups -OCH3 is 2. The summed E-state index contributed by atoms with van der Waals surface area (Å²) in [6.07, 6.45) is 8.97. The first-order chi connectivity index (χ1) is 16.6. The fourth-order valence-corrected chi connectivity index (χ4v) is 3.79. The van der Waals surface area contributed by atoms with Crippen LogP contribution in [0.4, 0.5) is 10.3 Å². The van der Waals surface area contributed by atoms with Crippen molar-refractivity contribution in [3.8, 4) is 17.2 Å². The maximum atomic E-state index is 14.9. The maximum Gasteiger partial charge on any atom is 0.227 e. The normalized spacial score (nSPS) is 14.9. The van der Waals surface area contributed by atoms with Gasteiger partial charge in [0.2, 0.25) is 5.95 Å². The first kappa shape index (κ1) is 25.2. The van der Waals surface area contributed by atoms with Crippen LogP contribution in [-0.4, -0.2) is 50.0 Å². The second kappa shape index (κ2) is 12.7. The van der Waals surface area contributed by atoms with Crippen LogP contribution in [0.15, 0.2) is 35.3 Å². The number of rotatable bonds is 11. The highest BCUT2D eigenvalue weighted by Gasteiger charge is 2.19. The Balaban J connectivity index is 1.60. The van der Waals surface area contributed by atoms with Crippen LogP contribution < -0.4 is 30.6 Å². The number of hydrogen-bond donors (Lipinski definition) is 3. The van der Waals surface area contributed by atoms with E-state index < -0.39 is 5.82 Å². The van der Waals surface area contributed by atoms with Gasteiger partial charge in [-0.25, -0.2) is 14.4 Å². The molecule has 34 heavy (non-hydrogen) atoms. The van der Waals surface area contributed by atoms with Gasteiger partial charge in [-0.05, 0) is 38.3 Å². The van der Waals surface area contributed by atoms with Crippen LogP contribution in [0.5, 0.6) is 17.2 Å². The van der Waals surface area contributed by atoms with E-state index in [1.807, 2.05) is 6.92 Å². The van der Waals surface area contributed by atoms with Crippen molar-refractivity contribution in [1.82, 2.24) is 15.3 Å². The van der Waals surface area contributed by atoms with Gasteiger partial charge in [-0.1, -0.05) is 6.92 Å². The summed E-state index contributed by atoms with van der Waals surface area (Å²) >= 11 is 0. The molecular weight excluding hydrogens is 439 g/mol. The highest BCUT2D eigenvalue weighted by atomic mass is 19.1. The lowest BCUT2D eigenvalue weighted by Gasteiger charge is -2.20. The SMILES string of the molecule is CCc1c(OC)cc(OC)c(F)c1COc1cnc(NC(C=NCC2CCNCC2)=CN)nc1. The van der Waals surface area contributed by atoms with Crippen molar-refractivity contribution < 1.29 is 18.6 Å². The number of aliphatic imine (C=N–C) groups is 1. The molecule has 0 amide bonds. The average molecular weight is 473 g/mol. The second-order valence-electron chi connectivity index (χ2n) is 7.87. The fraction of sp³-hybridized carbons (Fsp3) is 0.458. The van der Waals surface area contributed by atoms with Crippen LogP contribution in [0.3, 0.4) is 0 Å². The number of aromatic nitrogens is 2. The summed E-state index contributed by atoms with van der Waals surface area (Å²) in [5.41, 5.74) is 7.40. The minimum absolute atomic E-state index is 0.0179. The largest absolute Gasteiger partial charge is 0.496 e. The molecule has 0 saturated carbocycles. The van der Waals surface area contributed by atoms with Crippen LogP contribution in [-0.2, 0) is 13.0 Å². The molecule has 184 valence electrons. The van der Waals surface area contributed by atoms with Gasteiger partial charge < -0.3 is 30.6 Å². The third-order valence-corrected chi connectivity index (χ3v) is 5.70. The van der Waals surface area contributed by atoms with E-state index in [-0.39, 0.29) is 12.4 Å². The van der Waals surface area contributed by atoms with E-state index in [0.717, 1.165) is 38.0 Å². The first-order valence-electron chi connectivity index (χ1n) is 11.4. The van der Waals surface area contributed by atoms with Crippen molar-refractivity contribution in [2.45, 2.75) is 32.8 Å². The van der Waals surface area contributed by atoms with Gasteiger partial charge in [0, 0.05) is 36.2 Å². The quantitative estimate of drug-likeness (QED) is 0.428. The summed E-state index contributed by atoms with van der Waals surface area (Å²) in [7, 11) is 2.95. The van der Waals surface area contributed by atoms with Crippen LogP contribution in [0.2, 0.25) is 0 Å². The lowest BCUT2D eigenvalue weighted by Crippen LogP contribution is -2.29. The van der Waals surface area contributed by atoms with Gasteiger partial charge in [-0.15, -0.1) is 0 Å². The van der Waals surface area contributed by atoms with E-state index in [1.165, 1.54) is 32.8 Å². The minimum atomic E-state index is -0.471. The van der Waals surface area contributed by atoms with Gasteiger partial charge in [0.25, 0.3) is 0 Å². The monoisotopic (exact) mass is 472 g/mol. The number of nitrogens with zero attached hydrogens (tertiary/aromatic N) is 3. The fourth-order valence-electron chi connectivity index (χ4n) is 3.79. The number of ether oxygens (including phenoxy) is 3. The number of piperidine rings is 1. The molecule has 0 bridgehead atoms. The Bertz CT molecular complexity index is 991. The number of nitrogens with two attached hydrogens (primary N) is 1. The van der Waals surface area contributed by atoms with Gasteiger partial charge in [0.15, 0.2) is 17.3 Å². The molecule has 1 aliphatic heterocycles. The second-order valence-corrected chi connectivity index (χ2v) is 7.87. The van der Waals surface area contributed by atoms with E-state index >= 15 is 0 Å². The van der Waals surface area contributed by atoms with Gasteiger partial charge in [-0.3, -0.25) is 4.99 Å². The van der Waals surface area contributed by atoms with Gasteiger partial charge in [-0.2, -0.15) is 0 Å². The Kier molecular flexibility index (Phi) is 9.45. The van der Waals surface area contributed by atoms with Gasteiger partial charge in [0.1, 0.15) is 12.4 Å². The molecule has 0 atom stereocenters. The number of hydrogen-bond acceptors (Lipinski definition) is 9. The zero-order chi connectivity index (χ0) is 24.3. The molecule has 1 aliphatic rings. The van der Waals surface area contributed by atoms with Crippen molar-refractivity contribution >= 4 is 12.2 Å². The zero-order valence-corrected chi connectivity index (χ0v) is 19.9. The average Bonchev–Trinajstić information content (AvgIpc) is 2.88. The minimum Gasteiger partial charge on any atom is -0.496 e. The molecule has 4 N–H and O–H groups in total. The number of benzene rings is 1. The van der Waals surface area contributed by atoms with E-state index in [1.54, 1.807) is 12.3 Å². The first-order valence-corrected chi connectivity index (χ1v) is 11.4. The number of halogens is 1. The summed E-state index contributed by atoms with van der Waals surface area (Å²) in [5.74, 6) is 1.52. The molecule has 0 aliphatic carbocycles. The molecule has 2 aromatic rings. The molecule has 3 rings (SSSR count). The zero-order valence-electron chi connectivity index (χ0n) is 19.9. The molecule has 1 aromatic heterocycles. The predicted molar refractivity (Wildman–Crippen MR) is 130 cm³/mol. The van der Waals surface area contributed by atoms with Crippen LogP contribution in [0, 0.1) is 11.7 Å². The highest BCUT2D eigenvalue weighted by Crippen LogP contribution is 2.33. The smallest absolute Gasteiger partial charge is 0.227 e. The molecule has 1 fully saturated rings. The van der Waals surface area contributed by atoms with Crippen molar-refractivity contribution in [3.63, 3.8) is 0 Å². The van der Waals surface area contributed by atoms with Crippen molar-refractivity contribution in [2.24, 2.45) is 16.6 Å². The van der Waals surface area contributed by atoms with Crippen LogP contribution in [0.25, 0.3) is 0 Å². The van der Waals surface area contributed by atoms with E-state index in [4.69, 9.17) is 19.9 Å². The van der Waals surface area contributed by atoms with Gasteiger partial charge in [0.05, 0.1) is 32.3 Å². The summed E-state index contributed by atoms with van der Waals surface area (Å²) < 4.78 is 31.2. The maximum absolute atomic E-state index is 14.9. The van der Waals surface area contributed by atoms with Gasteiger partial charge >= 0.3 is 0 Å². The standard InChI is InChI=1S/C24H33FN6O3/c1-4-19-20(23(25)22(33-3)9-21(19)32-2)15-34-18-13-29-24(30-14-18)31-17(10-26)12-28-11-16-5-7-27-8-6-16/h9-10,12-14,16,27H,4-8,11,15,26H2,1-3H3,(H,29,30,31). The Hall–Kier alpha value is -3.40. The third-order valence-electron chi connectivity index (χ3n) is 5.70. The van der Waals surface area contributed by atoms with Crippen molar-refractivity contribution in [2.75, 3.05) is 39.2 Å². The summed E-state index contributed by atoms with van der Waals surface area (Å²) in [4.78, 5) is 13.0. The Morgan fingerprint density at radius 3 is 2.53 bits per heavy atom. The Morgan fingerprint density at radius 2 is 1.91 bits per heavy atom. The molecule has 9 nitrogen and oxygen atoms in total. The molecule has 1 aromatic carbocycles. The topological polar surface area (TPSA) is 116 Å². The molecule has 0 spiro atoms. The predicted octanol–water partition coefficient (Wildman–Crippen LogP) is 3.06. The van der Waals surface area contributed by atoms with Crippen molar-refractivity contribution in [3.05, 3.63) is 47.3 Å². The molecule has 2 heterocycles. The highest BCUT2D eigenvalue weighted by molar-refractivity contribution is 5.82. The molecule has 0 radical (unpaired) electrons. The van der Waals surface area contributed by atoms with Crippen LogP contribution in [0.1, 0.15) is 30.9 Å². The van der Waals surface area contributed by atoms with E-state index in [0.29, 0.717) is 41.0 Å². The molecular formula is C24H33FN6O3. The van der Waals surface area contributed by atoms with Crippen LogP contribution >= 0.6 is 0 Å². The summed E-state index contributed by atoms with van der Waals surface area (Å²) in [5, 5.41) is 6.38. The molecule has 1 saturated heterocycles. The molecule has 0 unspecified atom stereocenters. The molecule has 10 heteroatoms. The third kappa shape index (κ3) is 6.57. The lowest BCUT2D eigenvalue weighted by molar-refractivity contribution is 0.289. The number of allylic oxidation sites excluding steroid dienone is 1. The van der Waals surface area contributed by atoms with Crippen molar-refractivity contribution in [1.29, 1.82) is 0 Å². The van der Waals surface area contributed by atoms with E-state index in [9.17, 15) is 4.39 Å². The Labute approximate surface area is 199 Å². The number of nitrogens with one attached hydrogen (secondary N) is 2. The lowest BCUT2D eigenvalue weighted by atomic mass is 9.99. The Morgan fingerprint density at radius 1 is 1.21 bits per heavy atom. The number of anilines is 1. The summed E-state index contributed by atoms with van der Waals surface area (Å²) in [6, 6.07) is 1.54.